The number of hydrogen-bond acceptors (Lipinski definition) is 22. The number of ether oxygens (including phenoxy) is 4. The van der Waals surface area contributed by atoms with Crippen LogP contribution in [0.15, 0.2) is 66.4 Å². The molecule has 9 rings (SSSR count). The molecule has 0 radical (unpaired) electrons. The molecule has 3 aromatic carbocycles. The summed E-state index contributed by atoms with van der Waals surface area (Å²) in [6.45, 7) is 23.4. The summed E-state index contributed by atoms with van der Waals surface area (Å²) in [4.78, 5) is 70.3. The summed E-state index contributed by atoms with van der Waals surface area (Å²) < 4.78 is 222. The zero-order valence-electron chi connectivity index (χ0n) is 64.4. The molecule has 43 heteroatoms. The number of aromatic amines is 2. The number of carbonyl (C=O) groups excluding carboxylic acids is 3. The summed E-state index contributed by atoms with van der Waals surface area (Å²) in [5.74, 6) is -7.42. The number of aliphatic hydroxyl groups is 2. The van der Waals surface area contributed by atoms with E-state index in [0.29, 0.717) is 69.2 Å². The van der Waals surface area contributed by atoms with Gasteiger partial charge in [-0.2, -0.15) is 85.0 Å². The number of fused-ring (bicyclic) bond motifs is 3. The number of carbonyl (C=O) groups is 3. The smallest absolute Gasteiger partial charge is 0.463 e. The Kier molecular flexibility index (Phi) is 30.3. The van der Waals surface area contributed by atoms with E-state index in [0.717, 1.165) is 22.3 Å². The fraction of sp³-hybridized carbons (Fsp3) is 0.493. The van der Waals surface area contributed by atoms with E-state index in [9.17, 15) is 95.2 Å². The number of aromatic nitrogens is 9. The van der Waals surface area contributed by atoms with Gasteiger partial charge in [-0.15, -0.1) is 12.4 Å². The number of aryl methyl sites for hydroxylation is 6. The molecular weight excluding hydrogens is 1670 g/mol. The Hall–Kier alpha value is -9.46. The first-order valence-corrected chi connectivity index (χ1v) is 33.9. The predicted molar refractivity (Wildman–Crippen MR) is 390 cm³/mol. The number of alkyl halides is 16. The normalized spacial score (nSPS) is 12.7. The lowest BCUT2D eigenvalue weighted by molar-refractivity contribution is -0.314. The Labute approximate surface area is 650 Å². The molecule has 2 atom stereocenters. The van der Waals surface area contributed by atoms with Crippen molar-refractivity contribution in [1.29, 1.82) is 0 Å². The van der Waals surface area contributed by atoms with Crippen LogP contribution in [0.25, 0.3) is 66.5 Å². The minimum Gasteiger partial charge on any atom is -0.465 e. The van der Waals surface area contributed by atoms with Gasteiger partial charge in [0.1, 0.15) is 45.6 Å². The van der Waals surface area contributed by atoms with E-state index in [1.807, 2.05) is 6.92 Å². The van der Waals surface area contributed by atoms with Crippen LogP contribution in [0.2, 0.25) is 0 Å². The lowest BCUT2D eigenvalue weighted by Crippen LogP contribution is -2.42. The molecule has 0 spiro atoms. The summed E-state index contributed by atoms with van der Waals surface area (Å²) >= 11 is 0.0250. The summed E-state index contributed by atoms with van der Waals surface area (Å²) in [5.41, 5.74) is -0.477. The monoisotopic (exact) mass is 1750 g/mol. The van der Waals surface area contributed by atoms with Gasteiger partial charge in [0.15, 0.2) is 18.5 Å². The van der Waals surface area contributed by atoms with Crippen LogP contribution in [0.4, 0.5) is 75.4 Å². The summed E-state index contributed by atoms with van der Waals surface area (Å²) in [7, 11) is 16.5. The number of aliphatic hydroxyl groups excluding tert-OH is 2. The minimum absolute atomic E-state index is 0. The zero-order valence-corrected chi connectivity index (χ0v) is 67.3. The van der Waals surface area contributed by atoms with Gasteiger partial charge in [-0.05, 0) is 150 Å². The standard InChI is InChI=1S/C22H24F5N3O5.C20H23N3O5.C15H12F5N3O3.C10H24N4.C2F5I.ClH/c1-7-33-18-28-16-13(17(31)21(23,24)22(25,26)27)8-12(15-10(2)29-35-11(15)3)9-14(16)30(18)19(32)34-20(4,5)6;1-7-26-18-21-17-14(10-24)8-13(16-11(2)22-28-12(16)3)9-15(17)23(18)19(25)27-20(4,5)6;1-5-10(6(2)26-23-5)7-3-8(11-9(4-7)21-13(25)22-11)12(24)14(16,17)15(18,19)20;1-11(2)9(12(3)4)10(13(5)6)14(7)8;3-1(4,5)2(6,7)8;/h8-9,17,31H,7H2,1-6H3;8-10H,7H2,1-6H3;3-4,12,24H,1-2H3,(H2,21,22,25);1-8H3;;1H. The summed E-state index contributed by atoms with van der Waals surface area (Å²) in [6.07, 6.45) is -25.0. The van der Waals surface area contributed by atoms with E-state index in [-0.39, 0.29) is 86.6 Å². The molecule has 0 bridgehead atoms. The Morgan fingerprint density at radius 2 is 0.848 bits per heavy atom. The van der Waals surface area contributed by atoms with Crippen molar-refractivity contribution in [1.82, 2.24) is 64.1 Å². The molecule has 0 aliphatic heterocycles. The molecule has 26 nitrogen and oxygen atoms in total. The fourth-order valence-corrected chi connectivity index (χ4v) is 10.9. The van der Waals surface area contributed by atoms with Crippen molar-refractivity contribution < 1.29 is 123 Å². The SMILES string of the molecule is CCOc1nc2c(C(O)C(F)(F)C(F)(F)F)cc(-c3c(C)noc3C)cc2n1C(=O)OC(C)(C)C.CCOc1nc2c(C=O)cc(-c3c(C)noc3C)cc2n1C(=O)OC(C)(C)C.CN(C)C(=C(N(C)C)N(C)C)N(C)C.Cc1noc(C)c1-c1cc(C(O)C(F)(F)C(F)(F)F)c2[nH]c(=O)[nH]c2c1.Cl.FC(F)(F)C(F)(F)I. The number of aldehydes is 1. The average Bonchev–Trinajstić information content (AvgIpc) is 1.51. The Morgan fingerprint density at radius 3 is 1.15 bits per heavy atom. The third kappa shape index (κ3) is 21.6. The molecule has 0 saturated carbocycles. The molecule has 6 aromatic heterocycles. The highest BCUT2D eigenvalue weighted by Crippen LogP contribution is 2.49. The Balaban J connectivity index is 0.000000314. The maximum atomic E-state index is 14.2. The van der Waals surface area contributed by atoms with Crippen LogP contribution < -0.4 is 15.2 Å². The fourth-order valence-electron chi connectivity index (χ4n) is 10.9. The lowest BCUT2D eigenvalue weighted by Gasteiger charge is -2.34. The van der Waals surface area contributed by atoms with E-state index in [2.05, 4.69) is 111 Å². The number of halogens is 17. The van der Waals surface area contributed by atoms with Gasteiger partial charge in [0.05, 0.1) is 57.9 Å². The van der Waals surface area contributed by atoms with Crippen molar-refractivity contribution in [3.05, 3.63) is 110 Å². The molecule has 9 aromatic rings. The molecule has 0 saturated heterocycles. The molecule has 4 N–H and O–H groups in total. The third-order valence-corrected chi connectivity index (χ3v) is 15.8. The van der Waals surface area contributed by atoms with Gasteiger partial charge in [0, 0.05) is 112 Å². The van der Waals surface area contributed by atoms with Gasteiger partial charge < -0.3 is 72.3 Å². The maximum absolute atomic E-state index is 14.2. The van der Waals surface area contributed by atoms with Gasteiger partial charge in [-0.25, -0.2) is 14.4 Å². The highest BCUT2D eigenvalue weighted by molar-refractivity contribution is 14.1. The molecule has 112 heavy (non-hydrogen) atoms. The molecule has 6 heterocycles. The maximum Gasteiger partial charge on any atom is 0.463 e. The van der Waals surface area contributed by atoms with Crippen LogP contribution in [-0.4, -0.2) is 208 Å². The molecular formula is C69H84ClF15IN13O13. The molecule has 0 fully saturated rings. The molecule has 0 amide bonds. The largest absolute Gasteiger partial charge is 0.465 e. The number of hydrogen-bond donors (Lipinski definition) is 4. The minimum atomic E-state index is -6.06. The number of imidazole rings is 3. The zero-order chi connectivity index (χ0) is 85.0. The van der Waals surface area contributed by atoms with Gasteiger partial charge >= 0.3 is 64.2 Å². The number of benzene rings is 3. The van der Waals surface area contributed by atoms with Crippen LogP contribution in [0.5, 0.6) is 12.0 Å². The van der Waals surface area contributed by atoms with Crippen molar-refractivity contribution in [2.45, 2.75) is 155 Å². The Morgan fingerprint density at radius 1 is 0.527 bits per heavy atom. The van der Waals surface area contributed by atoms with Gasteiger partial charge in [0.25, 0.3) is 0 Å². The predicted octanol–water partition coefficient (Wildman–Crippen LogP) is 16.7. The summed E-state index contributed by atoms with van der Waals surface area (Å²) in [6, 6.07) is 7.69. The van der Waals surface area contributed by atoms with E-state index in [1.165, 1.54) is 49.1 Å². The second kappa shape index (κ2) is 35.7. The van der Waals surface area contributed by atoms with Crippen molar-refractivity contribution in [2.75, 3.05) is 69.6 Å². The highest BCUT2D eigenvalue weighted by atomic mass is 127. The number of H-pyrrole nitrogens is 2. The number of nitrogens with zero attached hydrogens (tertiary/aromatic N) is 11. The third-order valence-electron chi connectivity index (χ3n) is 15.2. The average molecular weight is 1750 g/mol. The van der Waals surface area contributed by atoms with Crippen molar-refractivity contribution >= 4 is 86.6 Å². The summed E-state index contributed by atoms with van der Waals surface area (Å²) in [5, 5.41) is 31.5. The molecule has 622 valence electrons. The van der Waals surface area contributed by atoms with Crippen LogP contribution in [-0.2, 0) is 9.47 Å². The van der Waals surface area contributed by atoms with Crippen molar-refractivity contribution in [2.24, 2.45) is 0 Å². The van der Waals surface area contributed by atoms with E-state index in [4.69, 9.17) is 32.5 Å². The second-order valence-corrected chi connectivity index (χ2v) is 28.6. The first-order chi connectivity index (χ1) is 50.6. The number of rotatable bonds is 16. The number of nitrogens with one attached hydrogen (secondary N) is 2. The van der Waals surface area contributed by atoms with Gasteiger partial charge in [0.2, 0.25) is 0 Å². The van der Waals surface area contributed by atoms with Gasteiger partial charge in [-0.1, -0.05) is 15.5 Å². The van der Waals surface area contributed by atoms with E-state index < -0.39 is 98.2 Å². The quantitative estimate of drug-likeness (QED) is 0.0302. The lowest BCUT2D eigenvalue weighted by atomic mass is 9.95. The topological polar surface area (TPSA) is 304 Å². The van der Waals surface area contributed by atoms with E-state index >= 15 is 0 Å². The van der Waals surface area contributed by atoms with Crippen LogP contribution >= 0.6 is 35.0 Å². The van der Waals surface area contributed by atoms with Crippen molar-refractivity contribution in [3.63, 3.8) is 0 Å². The highest BCUT2D eigenvalue weighted by Gasteiger charge is 2.64. The molecule has 2 unspecified atom stereocenters. The van der Waals surface area contributed by atoms with E-state index in [1.54, 1.807) is 81.4 Å². The first-order valence-electron chi connectivity index (χ1n) is 32.8. The van der Waals surface area contributed by atoms with Crippen LogP contribution in [0.3, 0.4) is 0 Å². The molecule has 0 aliphatic rings. The molecule has 0 aliphatic carbocycles. The van der Waals surface area contributed by atoms with Crippen LogP contribution in [0.1, 0.15) is 123 Å². The Bertz CT molecular complexity index is 4770. The van der Waals surface area contributed by atoms with Crippen molar-refractivity contribution in [3.8, 4) is 45.4 Å². The van der Waals surface area contributed by atoms with Crippen LogP contribution in [0, 0.1) is 41.5 Å². The van der Waals surface area contributed by atoms with Gasteiger partial charge in [-0.3, -0.25) is 4.79 Å². The first kappa shape index (κ1) is 94.9. The second-order valence-electron chi connectivity index (χ2n) is 27.2.